The van der Waals surface area contributed by atoms with E-state index in [1.807, 2.05) is 29.6 Å². The fraction of sp³-hybridized carbons (Fsp3) is 0.353. The number of nitrogens with zero attached hydrogens (tertiary/aromatic N) is 3. The molecule has 3 aromatic rings. The predicted octanol–water partition coefficient (Wildman–Crippen LogP) is 4.12. The second kappa shape index (κ2) is 7.90. The van der Waals surface area contributed by atoms with Crippen LogP contribution in [0.4, 0.5) is 0 Å². The van der Waals surface area contributed by atoms with Crippen LogP contribution in [0, 0.1) is 5.92 Å². The van der Waals surface area contributed by atoms with Gasteiger partial charge in [-0.25, -0.2) is 13.4 Å². The smallest absolute Gasteiger partial charge is 0.276 e. The van der Waals surface area contributed by atoms with Crippen LogP contribution in [-0.4, -0.2) is 35.1 Å². The fourth-order valence-corrected chi connectivity index (χ4v) is 6.71. The molecular formula is C17H16ClN3O3S3. The highest BCUT2D eigenvalue weighted by molar-refractivity contribution is 7.98. The quantitative estimate of drug-likeness (QED) is 0.532. The second-order valence-corrected chi connectivity index (χ2v) is 10.8. The molecule has 1 atom stereocenters. The van der Waals surface area contributed by atoms with E-state index >= 15 is 0 Å². The lowest BCUT2D eigenvalue weighted by molar-refractivity contribution is 0.389. The van der Waals surface area contributed by atoms with E-state index < -0.39 is 9.84 Å². The zero-order valence-corrected chi connectivity index (χ0v) is 17.4. The number of aromatic nitrogens is 3. The van der Waals surface area contributed by atoms with Crippen molar-refractivity contribution in [2.75, 3.05) is 11.5 Å². The number of thioether (sulfide) groups is 1. The van der Waals surface area contributed by atoms with Crippen molar-refractivity contribution in [3.8, 4) is 10.6 Å². The minimum absolute atomic E-state index is 0.0741. The summed E-state index contributed by atoms with van der Waals surface area (Å²) in [6, 6.07) is 7.63. The van der Waals surface area contributed by atoms with E-state index in [1.54, 1.807) is 11.3 Å². The summed E-state index contributed by atoms with van der Waals surface area (Å²) in [5.74, 6) is 1.65. The zero-order valence-electron chi connectivity index (χ0n) is 14.2. The summed E-state index contributed by atoms with van der Waals surface area (Å²) >= 11 is 9.18. The molecule has 2 aromatic heterocycles. The Labute approximate surface area is 170 Å². The lowest BCUT2D eigenvalue weighted by atomic mass is 10.1. The molecule has 0 spiro atoms. The molecule has 0 unspecified atom stereocenters. The lowest BCUT2D eigenvalue weighted by Gasteiger charge is -2.01. The first-order chi connectivity index (χ1) is 13.0. The molecule has 0 aliphatic carbocycles. The Morgan fingerprint density at radius 2 is 2.15 bits per heavy atom. The first kappa shape index (κ1) is 18.9. The Bertz CT molecular complexity index is 1050. The molecule has 3 heterocycles. The van der Waals surface area contributed by atoms with Gasteiger partial charge < -0.3 is 4.42 Å². The van der Waals surface area contributed by atoms with Gasteiger partial charge in [-0.05, 0) is 18.4 Å². The van der Waals surface area contributed by atoms with Crippen LogP contribution in [0.3, 0.4) is 0 Å². The summed E-state index contributed by atoms with van der Waals surface area (Å²) in [6.45, 7) is 0. The van der Waals surface area contributed by atoms with E-state index in [9.17, 15) is 8.42 Å². The number of thiazole rings is 1. The largest absolute Gasteiger partial charge is 0.416 e. The van der Waals surface area contributed by atoms with E-state index in [4.69, 9.17) is 16.0 Å². The van der Waals surface area contributed by atoms with Crippen molar-refractivity contribution < 1.29 is 12.8 Å². The lowest BCUT2D eigenvalue weighted by Crippen LogP contribution is -2.07. The Kier molecular flexibility index (Phi) is 5.54. The third-order valence-electron chi connectivity index (χ3n) is 4.24. The third-order valence-corrected chi connectivity index (χ3v) is 8.18. The molecular weight excluding hydrogens is 426 g/mol. The number of hydrogen-bond donors (Lipinski definition) is 0. The van der Waals surface area contributed by atoms with Gasteiger partial charge in [0.25, 0.3) is 5.22 Å². The average molecular weight is 442 g/mol. The van der Waals surface area contributed by atoms with E-state index in [0.717, 1.165) is 16.3 Å². The van der Waals surface area contributed by atoms with E-state index in [-0.39, 0.29) is 17.4 Å². The van der Waals surface area contributed by atoms with Crippen molar-refractivity contribution in [3.05, 3.63) is 46.3 Å². The summed E-state index contributed by atoms with van der Waals surface area (Å²) in [5.41, 5.74) is 1.84. The van der Waals surface area contributed by atoms with Gasteiger partial charge in [0, 0.05) is 23.1 Å². The van der Waals surface area contributed by atoms with Crippen molar-refractivity contribution in [3.63, 3.8) is 0 Å². The second-order valence-electron chi connectivity index (χ2n) is 6.35. The van der Waals surface area contributed by atoms with Crippen LogP contribution in [0.1, 0.15) is 18.0 Å². The van der Waals surface area contributed by atoms with Crippen LogP contribution in [0.5, 0.6) is 0 Å². The summed E-state index contributed by atoms with van der Waals surface area (Å²) in [4.78, 5) is 4.62. The molecule has 142 valence electrons. The summed E-state index contributed by atoms with van der Waals surface area (Å²) in [6.07, 6.45) is 1.18. The zero-order chi connectivity index (χ0) is 18.9. The van der Waals surface area contributed by atoms with Crippen LogP contribution < -0.4 is 0 Å². The van der Waals surface area contributed by atoms with Gasteiger partial charge in [-0.3, -0.25) is 0 Å². The van der Waals surface area contributed by atoms with Crippen molar-refractivity contribution in [2.24, 2.45) is 5.92 Å². The van der Waals surface area contributed by atoms with Gasteiger partial charge in [0.15, 0.2) is 9.84 Å². The van der Waals surface area contributed by atoms with Crippen molar-refractivity contribution >= 4 is 44.5 Å². The molecule has 0 N–H and O–H groups in total. The van der Waals surface area contributed by atoms with Crippen molar-refractivity contribution in [1.29, 1.82) is 0 Å². The monoisotopic (exact) mass is 441 g/mol. The standard InChI is InChI=1S/C17H16ClN3O3S3/c18-14-4-2-1-3-13(14)16-19-12(8-25-16)9-26-17-21-20-15(24-17)7-11-5-6-27(22,23)10-11/h1-4,8,11H,5-7,9-10H2/t11-/m0/s1. The first-order valence-corrected chi connectivity index (χ1v) is 12.4. The van der Waals surface area contributed by atoms with Gasteiger partial charge in [0.05, 0.1) is 22.2 Å². The molecule has 0 bridgehead atoms. The van der Waals surface area contributed by atoms with Gasteiger partial charge in [-0.2, -0.15) is 0 Å². The van der Waals surface area contributed by atoms with Crippen LogP contribution in [0.2, 0.25) is 5.02 Å². The van der Waals surface area contributed by atoms with Crippen LogP contribution in [-0.2, 0) is 22.0 Å². The molecule has 1 aliphatic rings. The predicted molar refractivity (Wildman–Crippen MR) is 107 cm³/mol. The van der Waals surface area contributed by atoms with Crippen molar-refractivity contribution in [2.45, 2.75) is 23.8 Å². The highest BCUT2D eigenvalue weighted by atomic mass is 35.5. The molecule has 27 heavy (non-hydrogen) atoms. The molecule has 1 saturated heterocycles. The van der Waals surface area contributed by atoms with Gasteiger partial charge in [0.1, 0.15) is 5.01 Å². The fourth-order valence-electron chi connectivity index (χ4n) is 2.93. The Balaban J connectivity index is 1.35. The van der Waals surface area contributed by atoms with Crippen LogP contribution in [0.15, 0.2) is 39.3 Å². The van der Waals surface area contributed by atoms with Gasteiger partial charge in [-0.15, -0.1) is 21.5 Å². The molecule has 10 heteroatoms. The number of benzene rings is 1. The molecule has 1 aromatic carbocycles. The SMILES string of the molecule is O=S1(=O)CC[C@@H](Cc2nnc(SCc3csc(-c4ccccc4Cl)n3)o2)C1. The van der Waals surface area contributed by atoms with Gasteiger partial charge in [0.2, 0.25) is 5.89 Å². The highest BCUT2D eigenvalue weighted by Gasteiger charge is 2.29. The number of rotatable bonds is 6. The molecule has 4 rings (SSSR count). The number of sulfone groups is 1. The van der Waals surface area contributed by atoms with E-state index in [0.29, 0.717) is 34.7 Å². The number of halogens is 1. The maximum atomic E-state index is 11.5. The maximum Gasteiger partial charge on any atom is 0.276 e. The minimum Gasteiger partial charge on any atom is -0.416 e. The normalized spacial score (nSPS) is 18.8. The van der Waals surface area contributed by atoms with E-state index in [1.165, 1.54) is 11.8 Å². The van der Waals surface area contributed by atoms with Gasteiger partial charge >= 0.3 is 0 Å². The third kappa shape index (κ3) is 4.71. The Hall–Kier alpha value is -1.42. The van der Waals surface area contributed by atoms with Crippen molar-refractivity contribution in [1.82, 2.24) is 15.2 Å². The molecule has 0 saturated carbocycles. The molecule has 1 fully saturated rings. The Morgan fingerprint density at radius 1 is 1.30 bits per heavy atom. The minimum atomic E-state index is -2.89. The summed E-state index contributed by atoms with van der Waals surface area (Å²) in [5, 5.41) is 12.1. The molecule has 0 radical (unpaired) electrons. The van der Waals surface area contributed by atoms with E-state index in [2.05, 4.69) is 15.2 Å². The molecule has 1 aliphatic heterocycles. The van der Waals surface area contributed by atoms with Crippen LogP contribution in [0.25, 0.3) is 10.6 Å². The first-order valence-electron chi connectivity index (χ1n) is 8.33. The number of hydrogen-bond acceptors (Lipinski definition) is 8. The molecule has 6 nitrogen and oxygen atoms in total. The summed E-state index contributed by atoms with van der Waals surface area (Å²) < 4.78 is 28.7. The van der Waals surface area contributed by atoms with Gasteiger partial charge in [-0.1, -0.05) is 41.6 Å². The summed E-state index contributed by atoms with van der Waals surface area (Å²) in [7, 11) is -2.89. The maximum absolute atomic E-state index is 11.5. The van der Waals surface area contributed by atoms with Crippen LogP contribution >= 0.6 is 34.7 Å². The topological polar surface area (TPSA) is 86.0 Å². The molecule has 0 amide bonds. The average Bonchev–Trinajstić information content (AvgIpc) is 3.34. The Morgan fingerprint density at radius 3 is 2.93 bits per heavy atom. The highest BCUT2D eigenvalue weighted by Crippen LogP contribution is 2.32.